The zero-order chi connectivity index (χ0) is 19.9. The number of carbonyl (C=O) groups excluding carboxylic acids is 1. The van der Waals surface area contributed by atoms with E-state index in [4.69, 9.17) is 4.98 Å². The molecule has 0 atom stereocenters. The van der Waals surface area contributed by atoms with Crippen LogP contribution in [0.15, 0.2) is 48.5 Å². The molecule has 1 heterocycles. The molecule has 0 aliphatic carbocycles. The van der Waals surface area contributed by atoms with E-state index in [2.05, 4.69) is 24.5 Å². The molecule has 0 spiro atoms. The molecule has 3 aromatic rings. The van der Waals surface area contributed by atoms with Gasteiger partial charge in [-0.05, 0) is 43.2 Å². The van der Waals surface area contributed by atoms with Gasteiger partial charge in [0.25, 0.3) is 5.91 Å². The first-order valence-electron chi connectivity index (χ1n) is 10.1. The third kappa shape index (κ3) is 4.58. The molecule has 1 aromatic heterocycles. The number of halogens is 1. The highest BCUT2D eigenvalue weighted by molar-refractivity contribution is 5.94. The fourth-order valence-corrected chi connectivity index (χ4v) is 3.50. The molecule has 0 aliphatic heterocycles. The molecule has 5 heteroatoms. The number of aryl methyl sites for hydroxylation is 1. The van der Waals surface area contributed by atoms with Crippen molar-refractivity contribution < 1.29 is 9.18 Å². The fraction of sp³-hybridized carbons (Fsp3) is 0.391. The summed E-state index contributed by atoms with van der Waals surface area (Å²) < 4.78 is 15.8. The van der Waals surface area contributed by atoms with E-state index in [1.807, 2.05) is 18.2 Å². The molecule has 0 saturated heterocycles. The molecule has 0 aliphatic rings. The zero-order valence-corrected chi connectivity index (χ0v) is 16.7. The summed E-state index contributed by atoms with van der Waals surface area (Å²) in [7, 11) is 0. The van der Waals surface area contributed by atoms with Crippen molar-refractivity contribution in [2.75, 3.05) is 6.54 Å². The maximum Gasteiger partial charge on any atom is 0.254 e. The first-order valence-corrected chi connectivity index (χ1v) is 10.1. The first kappa shape index (κ1) is 20.1. The second-order valence-electron chi connectivity index (χ2n) is 7.11. The summed E-state index contributed by atoms with van der Waals surface area (Å²) in [5.41, 5.74) is 2.42. The highest BCUT2D eigenvalue weighted by Crippen LogP contribution is 2.19. The van der Waals surface area contributed by atoms with Crippen LogP contribution in [0.5, 0.6) is 0 Å². The van der Waals surface area contributed by atoms with Gasteiger partial charge in [0.05, 0.1) is 17.6 Å². The highest BCUT2D eigenvalue weighted by Gasteiger charge is 2.20. The lowest BCUT2D eigenvalue weighted by Gasteiger charge is -2.23. The molecule has 4 nitrogen and oxygen atoms in total. The minimum atomic E-state index is -0.391. The fourth-order valence-electron chi connectivity index (χ4n) is 3.50. The van der Waals surface area contributed by atoms with E-state index in [0.717, 1.165) is 49.1 Å². The summed E-state index contributed by atoms with van der Waals surface area (Å²) in [6, 6.07) is 14.0. The molecule has 0 unspecified atom stereocenters. The lowest BCUT2D eigenvalue weighted by Crippen LogP contribution is -2.32. The van der Waals surface area contributed by atoms with Crippen molar-refractivity contribution in [3.63, 3.8) is 0 Å². The number of nitrogens with zero attached hydrogens (tertiary/aromatic N) is 3. The standard InChI is InChI=1S/C23H28FN3O/c1-3-5-8-15-26(23(28)18-10-9-11-19(24)16-18)17-22-25-20-12-6-7-13-21(20)27(22)14-4-2/h6-7,9-13,16H,3-5,8,14-15,17H2,1-2H3. The number of hydrogen-bond donors (Lipinski definition) is 0. The topological polar surface area (TPSA) is 38.1 Å². The first-order chi connectivity index (χ1) is 13.6. The molecule has 0 radical (unpaired) electrons. The van der Waals surface area contributed by atoms with Crippen molar-refractivity contribution in [1.29, 1.82) is 0 Å². The lowest BCUT2D eigenvalue weighted by atomic mass is 10.1. The average Bonchev–Trinajstić information content (AvgIpc) is 3.04. The van der Waals surface area contributed by atoms with Crippen LogP contribution >= 0.6 is 0 Å². The predicted molar refractivity (Wildman–Crippen MR) is 111 cm³/mol. The van der Waals surface area contributed by atoms with Crippen LogP contribution in [-0.4, -0.2) is 26.9 Å². The number of rotatable bonds is 9. The third-order valence-electron chi connectivity index (χ3n) is 4.90. The normalized spacial score (nSPS) is 11.1. The number of hydrogen-bond acceptors (Lipinski definition) is 2. The molecule has 2 aromatic carbocycles. The average molecular weight is 381 g/mol. The van der Waals surface area contributed by atoms with E-state index in [-0.39, 0.29) is 5.91 Å². The summed E-state index contributed by atoms with van der Waals surface area (Å²) in [6.45, 7) is 6.19. The Morgan fingerprint density at radius 2 is 1.89 bits per heavy atom. The van der Waals surface area contributed by atoms with Crippen molar-refractivity contribution in [1.82, 2.24) is 14.5 Å². The van der Waals surface area contributed by atoms with Crippen LogP contribution in [0, 0.1) is 5.82 Å². The quantitative estimate of drug-likeness (QED) is 0.464. The van der Waals surface area contributed by atoms with E-state index in [0.29, 0.717) is 18.7 Å². The van der Waals surface area contributed by atoms with Crippen LogP contribution in [0.2, 0.25) is 0 Å². The van der Waals surface area contributed by atoms with Crippen LogP contribution in [0.4, 0.5) is 4.39 Å². The summed E-state index contributed by atoms with van der Waals surface area (Å²) in [5.74, 6) is 0.340. The molecule has 0 bridgehead atoms. The predicted octanol–water partition coefficient (Wildman–Crippen LogP) is 5.42. The maximum absolute atomic E-state index is 13.6. The van der Waals surface area contributed by atoms with Gasteiger partial charge in [-0.2, -0.15) is 0 Å². The smallest absolute Gasteiger partial charge is 0.254 e. The lowest BCUT2D eigenvalue weighted by molar-refractivity contribution is 0.0733. The van der Waals surface area contributed by atoms with Crippen molar-refractivity contribution in [2.45, 2.75) is 52.6 Å². The third-order valence-corrected chi connectivity index (χ3v) is 4.90. The molecular formula is C23H28FN3O. The summed E-state index contributed by atoms with van der Waals surface area (Å²) in [5, 5.41) is 0. The molecule has 0 fully saturated rings. The second kappa shape index (κ2) is 9.49. The zero-order valence-electron chi connectivity index (χ0n) is 16.7. The summed E-state index contributed by atoms with van der Waals surface area (Å²) in [4.78, 5) is 19.7. The molecule has 3 rings (SSSR count). The van der Waals surface area contributed by atoms with Crippen molar-refractivity contribution in [2.24, 2.45) is 0 Å². The number of amides is 1. The number of aromatic nitrogens is 2. The summed E-state index contributed by atoms with van der Waals surface area (Å²) in [6.07, 6.45) is 4.04. The Morgan fingerprint density at radius 1 is 1.07 bits per heavy atom. The van der Waals surface area contributed by atoms with Gasteiger partial charge < -0.3 is 9.47 Å². The number of fused-ring (bicyclic) bond motifs is 1. The van der Waals surface area contributed by atoms with Gasteiger partial charge in [-0.3, -0.25) is 4.79 Å². The van der Waals surface area contributed by atoms with Crippen LogP contribution in [0.25, 0.3) is 11.0 Å². The van der Waals surface area contributed by atoms with Gasteiger partial charge >= 0.3 is 0 Å². The Balaban J connectivity index is 1.92. The number of unbranched alkanes of at least 4 members (excludes halogenated alkanes) is 2. The Morgan fingerprint density at radius 3 is 2.64 bits per heavy atom. The molecular weight excluding hydrogens is 353 g/mol. The Bertz CT molecular complexity index is 934. The van der Waals surface area contributed by atoms with Crippen LogP contribution < -0.4 is 0 Å². The van der Waals surface area contributed by atoms with Gasteiger partial charge in [-0.15, -0.1) is 0 Å². The Hall–Kier alpha value is -2.69. The summed E-state index contributed by atoms with van der Waals surface area (Å²) >= 11 is 0. The number of imidazole rings is 1. The van der Waals surface area contributed by atoms with Gasteiger partial charge in [0.1, 0.15) is 11.6 Å². The maximum atomic E-state index is 13.6. The van der Waals surface area contributed by atoms with E-state index >= 15 is 0 Å². The molecule has 28 heavy (non-hydrogen) atoms. The molecule has 148 valence electrons. The SMILES string of the molecule is CCCCCN(Cc1nc2ccccc2n1CCC)C(=O)c1cccc(F)c1. The Labute approximate surface area is 166 Å². The molecule has 0 saturated carbocycles. The van der Waals surface area contributed by atoms with Gasteiger partial charge in [0.15, 0.2) is 0 Å². The number of benzene rings is 2. The van der Waals surface area contributed by atoms with E-state index in [9.17, 15) is 9.18 Å². The van der Waals surface area contributed by atoms with Gasteiger partial charge in [-0.25, -0.2) is 9.37 Å². The van der Waals surface area contributed by atoms with Crippen LogP contribution in [0.3, 0.4) is 0 Å². The van der Waals surface area contributed by atoms with E-state index < -0.39 is 5.82 Å². The van der Waals surface area contributed by atoms with Gasteiger partial charge in [0, 0.05) is 18.7 Å². The van der Waals surface area contributed by atoms with Crippen molar-refractivity contribution >= 4 is 16.9 Å². The van der Waals surface area contributed by atoms with Gasteiger partial charge in [0.2, 0.25) is 0 Å². The number of para-hydroxylation sites is 2. The second-order valence-corrected chi connectivity index (χ2v) is 7.11. The van der Waals surface area contributed by atoms with E-state index in [1.54, 1.807) is 17.0 Å². The number of carbonyl (C=O) groups is 1. The minimum absolute atomic E-state index is 0.147. The van der Waals surface area contributed by atoms with Crippen LogP contribution in [-0.2, 0) is 13.1 Å². The molecule has 0 N–H and O–H groups in total. The minimum Gasteiger partial charge on any atom is -0.331 e. The monoisotopic (exact) mass is 381 g/mol. The molecule has 1 amide bonds. The van der Waals surface area contributed by atoms with Gasteiger partial charge in [-0.1, -0.05) is 44.9 Å². The van der Waals surface area contributed by atoms with Crippen molar-refractivity contribution in [3.8, 4) is 0 Å². The highest BCUT2D eigenvalue weighted by atomic mass is 19.1. The largest absolute Gasteiger partial charge is 0.331 e. The Kier molecular flexibility index (Phi) is 6.80. The van der Waals surface area contributed by atoms with Crippen LogP contribution in [0.1, 0.15) is 55.7 Å². The van der Waals surface area contributed by atoms with E-state index in [1.165, 1.54) is 12.1 Å². The van der Waals surface area contributed by atoms with Crippen molar-refractivity contribution in [3.05, 3.63) is 65.7 Å².